The van der Waals surface area contributed by atoms with Crippen LogP contribution in [0.1, 0.15) is 34.1 Å². The number of aromatic nitrogens is 3. The minimum absolute atomic E-state index is 0.110. The van der Waals surface area contributed by atoms with Gasteiger partial charge in [-0.2, -0.15) is 0 Å². The van der Waals surface area contributed by atoms with Gasteiger partial charge in [-0.25, -0.2) is 0 Å². The van der Waals surface area contributed by atoms with Crippen LogP contribution in [0.4, 0.5) is 5.82 Å². The Morgan fingerprint density at radius 2 is 1.96 bits per heavy atom. The third-order valence-corrected chi connectivity index (χ3v) is 4.32. The lowest BCUT2D eigenvalue weighted by molar-refractivity contribution is 0.103. The van der Waals surface area contributed by atoms with Crippen LogP contribution >= 0.6 is 0 Å². The SMILES string of the molecule is Cc1c(C(=O)c2ccncc2)nnc(N2CCN[C@H](C)C2)c1C. The van der Waals surface area contributed by atoms with Crippen molar-refractivity contribution in [2.45, 2.75) is 26.8 Å². The van der Waals surface area contributed by atoms with Gasteiger partial charge >= 0.3 is 0 Å². The van der Waals surface area contributed by atoms with Crippen molar-refractivity contribution in [1.29, 1.82) is 0 Å². The zero-order chi connectivity index (χ0) is 16.4. The van der Waals surface area contributed by atoms with Crippen LogP contribution in [-0.2, 0) is 0 Å². The fourth-order valence-electron chi connectivity index (χ4n) is 2.87. The number of hydrogen-bond acceptors (Lipinski definition) is 6. The van der Waals surface area contributed by atoms with Crippen molar-refractivity contribution in [2.24, 2.45) is 0 Å². The first-order chi connectivity index (χ1) is 11.1. The van der Waals surface area contributed by atoms with Gasteiger partial charge in [0, 0.05) is 43.6 Å². The Labute approximate surface area is 136 Å². The van der Waals surface area contributed by atoms with E-state index in [0.717, 1.165) is 36.6 Å². The Kier molecular flexibility index (Phi) is 4.34. The molecule has 23 heavy (non-hydrogen) atoms. The van der Waals surface area contributed by atoms with Gasteiger partial charge in [0.05, 0.1) is 0 Å². The molecule has 1 aliphatic rings. The molecule has 3 heterocycles. The molecule has 120 valence electrons. The second-order valence-electron chi connectivity index (χ2n) is 5.99. The normalized spacial score (nSPS) is 18.0. The zero-order valence-electron chi connectivity index (χ0n) is 13.7. The zero-order valence-corrected chi connectivity index (χ0v) is 13.7. The van der Waals surface area contributed by atoms with Gasteiger partial charge in [-0.15, -0.1) is 10.2 Å². The molecule has 0 bridgehead atoms. The van der Waals surface area contributed by atoms with Gasteiger partial charge in [0.15, 0.2) is 5.82 Å². The van der Waals surface area contributed by atoms with E-state index in [-0.39, 0.29) is 5.78 Å². The molecule has 1 saturated heterocycles. The average Bonchev–Trinajstić information content (AvgIpc) is 2.57. The molecule has 1 atom stereocenters. The van der Waals surface area contributed by atoms with E-state index < -0.39 is 0 Å². The topological polar surface area (TPSA) is 71.0 Å². The molecule has 2 aromatic rings. The van der Waals surface area contributed by atoms with Crippen molar-refractivity contribution in [3.05, 3.63) is 46.9 Å². The van der Waals surface area contributed by atoms with Crippen molar-refractivity contribution in [3.8, 4) is 0 Å². The maximum Gasteiger partial charge on any atom is 0.213 e. The van der Waals surface area contributed by atoms with Crippen molar-refractivity contribution in [3.63, 3.8) is 0 Å². The molecule has 2 aromatic heterocycles. The summed E-state index contributed by atoms with van der Waals surface area (Å²) in [5.41, 5.74) is 2.91. The molecular formula is C17H21N5O. The van der Waals surface area contributed by atoms with Crippen LogP contribution in [-0.4, -0.2) is 46.6 Å². The van der Waals surface area contributed by atoms with Gasteiger partial charge in [-0.3, -0.25) is 9.78 Å². The number of nitrogens with zero attached hydrogens (tertiary/aromatic N) is 4. The van der Waals surface area contributed by atoms with E-state index in [0.29, 0.717) is 17.3 Å². The Morgan fingerprint density at radius 1 is 1.22 bits per heavy atom. The third kappa shape index (κ3) is 3.07. The van der Waals surface area contributed by atoms with Crippen LogP contribution in [0, 0.1) is 13.8 Å². The van der Waals surface area contributed by atoms with Gasteiger partial charge in [0.25, 0.3) is 0 Å². The quantitative estimate of drug-likeness (QED) is 0.867. The predicted molar refractivity (Wildman–Crippen MR) is 88.9 cm³/mol. The Balaban J connectivity index is 1.93. The Morgan fingerprint density at radius 3 is 2.65 bits per heavy atom. The van der Waals surface area contributed by atoms with Crippen LogP contribution in [0.2, 0.25) is 0 Å². The summed E-state index contributed by atoms with van der Waals surface area (Å²) in [4.78, 5) is 18.8. The van der Waals surface area contributed by atoms with Crippen molar-refractivity contribution < 1.29 is 4.79 Å². The lowest BCUT2D eigenvalue weighted by atomic mass is 10.0. The van der Waals surface area contributed by atoms with Crippen LogP contribution in [0.25, 0.3) is 0 Å². The summed E-state index contributed by atoms with van der Waals surface area (Å²) in [6.45, 7) is 8.83. The number of hydrogen-bond donors (Lipinski definition) is 1. The summed E-state index contributed by atoms with van der Waals surface area (Å²) < 4.78 is 0. The van der Waals surface area contributed by atoms with Gasteiger partial charge in [-0.1, -0.05) is 0 Å². The summed E-state index contributed by atoms with van der Waals surface area (Å²) in [5, 5.41) is 12.0. The highest BCUT2D eigenvalue weighted by Crippen LogP contribution is 2.23. The van der Waals surface area contributed by atoms with E-state index >= 15 is 0 Å². The molecule has 0 aliphatic carbocycles. The number of nitrogens with one attached hydrogen (secondary N) is 1. The minimum atomic E-state index is -0.110. The fourth-order valence-corrected chi connectivity index (χ4v) is 2.87. The molecule has 6 heteroatoms. The summed E-state index contributed by atoms with van der Waals surface area (Å²) >= 11 is 0. The Hall–Kier alpha value is -2.34. The highest BCUT2D eigenvalue weighted by Gasteiger charge is 2.23. The van der Waals surface area contributed by atoms with Crippen LogP contribution in [0.15, 0.2) is 24.5 Å². The number of anilines is 1. The Bertz CT molecular complexity index is 716. The van der Waals surface area contributed by atoms with Gasteiger partial charge in [-0.05, 0) is 44.0 Å². The van der Waals surface area contributed by atoms with E-state index in [4.69, 9.17) is 0 Å². The lowest BCUT2D eigenvalue weighted by Crippen LogP contribution is -2.49. The summed E-state index contributed by atoms with van der Waals surface area (Å²) in [5.74, 6) is 0.767. The third-order valence-electron chi connectivity index (χ3n) is 4.32. The van der Waals surface area contributed by atoms with Gasteiger partial charge < -0.3 is 10.2 Å². The van der Waals surface area contributed by atoms with E-state index in [1.807, 2.05) is 13.8 Å². The minimum Gasteiger partial charge on any atom is -0.352 e. The van der Waals surface area contributed by atoms with E-state index in [1.165, 1.54) is 0 Å². The largest absolute Gasteiger partial charge is 0.352 e. The van der Waals surface area contributed by atoms with Crippen molar-refractivity contribution in [2.75, 3.05) is 24.5 Å². The maximum absolute atomic E-state index is 12.6. The van der Waals surface area contributed by atoms with Crippen LogP contribution in [0.3, 0.4) is 0 Å². The number of carbonyl (C=O) groups excluding carboxylic acids is 1. The van der Waals surface area contributed by atoms with E-state index in [2.05, 4.69) is 32.3 Å². The first-order valence-electron chi connectivity index (χ1n) is 7.85. The molecule has 6 nitrogen and oxygen atoms in total. The second kappa shape index (κ2) is 6.42. The lowest BCUT2D eigenvalue weighted by Gasteiger charge is -2.33. The maximum atomic E-state index is 12.6. The summed E-state index contributed by atoms with van der Waals surface area (Å²) in [7, 11) is 0. The van der Waals surface area contributed by atoms with Gasteiger partial charge in [0.2, 0.25) is 5.78 Å². The standard InChI is InChI=1S/C17H21N5O/c1-11-10-22(9-8-19-11)17-13(3)12(2)15(20-21-17)16(23)14-4-6-18-7-5-14/h4-7,11,19H,8-10H2,1-3H3/t11-/m1/s1. The molecule has 3 rings (SSSR count). The van der Waals surface area contributed by atoms with Crippen LogP contribution < -0.4 is 10.2 Å². The van der Waals surface area contributed by atoms with E-state index in [9.17, 15) is 4.79 Å². The highest BCUT2D eigenvalue weighted by molar-refractivity contribution is 6.08. The summed E-state index contributed by atoms with van der Waals surface area (Å²) in [6, 6.07) is 3.82. The number of piperazine rings is 1. The average molecular weight is 311 g/mol. The van der Waals surface area contributed by atoms with Crippen molar-refractivity contribution >= 4 is 11.6 Å². The molecule has 0 radical (unpaired) electrons. The number of ketones is 1. The predicted octanol–water partition coefficient (Wildman–Crippen LogP) is 1.52. The van der Waals surface area contributed by atoms with Gasteiger partial charge in [0.1, 0.15) is 5.69 Å². The smallest absolute Gasteiger partial charge is 0.213 e. The summed E-state index contributed by atoms with van der Waals surface area (Å²) in [6.07, 6.45) is 3.22. The van der Waals surface area contributed by atoms with E-state index in [1.54, 1.807) is 24.5 Å². The molecular weight excluding hydrogens is 290 g/mol. The fraction of sp³-hybridized carbons (Fsp3) is 0.412. The molecule has 0 saturated carbocycles. The van der Waals surface area contributed by atoms with Crippen molar-refractivity contribution in [1.82, 2.24) is 20.5 Å². The van der Waals surface area contributed by atoms with Crippen LogP contribution in [0.5, 0.6) is 0 Å². The molecule has 0 aromatic carbocycles. The number of rotatable bonds is 3. The first kappa shape index (κ1) is 15.6. The first-order valence-corrected chi connectivity index (χ1v) is 7.85. The molecule has 0 spiro atoms. The molecule has 1 N–H and O–H groups in total. The molecule has 0 unspecified atom stereocenters. The molecule has 0 amide bonds. The number of pyridine rings is 1. The molecule has 1 aliphatic heterocycles. The number of carbonyl (C=O) groups is 1. The monoisotopic (exact) mass is 311 g/mol. The molecule has 1 fully saturated rings. The second-order valence-corrected chi connectivity index (χ2v) is 5.99. The highest BCUT2D eigenvalue weighted by atomic mass is 16.1.